The van der Waals surface area contributed by atoms with Gasteiger partial charge < -0.3 is 0 Å². The average Bonchev–Trinajstić information content (AvgIpc) is 2.78. The molecular formula is C22H20N2O2S. The van der Waals surface area contributed by atoms with Crippen molar-refractivity contribution in [2.24, 2.45) is 0 Å². The molecule has 1 unspecified atom stereocenters. The van der Waals surface area contributed by atoms with Crippen LogP contribution in [-0.2, 0) is 15.6 Å². The fourth-order valence-corrected chi connectivity index (χ4v) is 4.92. The number of hydrogen-bond acceptors (Lipinski definition) is 3. The van der Waals surface area contributed by atoms with Gasteiger partial charge in [0.2, 0.25) is 10.0 Å². The second-order valence-electron chi connectivity index (χ2n) is 6.93. The lowest BCUT2D eigenvalue weighted by atomic mass is 9.83. The third-order valence-electron chi connectivity index (χ3n) is 5.01. The molecule has 0 saturated heterocycles. The van der Waals surface area contributed by atoms with Crippen LogP contribution in [0.5, 0.6) is 0 Å². The Bertz CT molecular complexity index is 1080. The number of pyridine rings is 1. The number of fused-ring (bicyclic) bond motifs is 2. The molecule has 1 aliphatic rings. The van der Waals surface area contributed by atoms with Crippen LogP contribution in [0, 0.1) is 6.92 Å². The van der Waals surface area contributed by atoms with Crippen LogP contribution < -0.4 is 4.72 Å². The molecule has 4 rings (SSSR count). The van der Waals surface area contributed by atoms with Gasteiger partial charge in [-0.2, -0.15) is 4.72 Å². The Morgan fingerprint density at radius 2 is 1.56 bits per heavy atom. The number of hydrogen-bond donors (Lipinski definition) is 1. The zero-order valence-corrected chi connectivity index (χ0v) is 16.0. The van der Waals surface area contributed by atoms with E-state index in [0.29, 0.717) is 0 Å². The number of aryl methyl sites for hydroxylation is 1. The van der Waals surface area contributed by atoms with E-state index in [1.807, 2.05) is 56.3 Å². The molecule has 0 radical (unpaired) electrons. The summed E-state index contributed by atoms with van der Waals surface area (Å²) in [7, 11) is -3.74. The molecule has 1 aromatic heterocycles. The first-order chi connectivity index (χ1) is 12.9. The van der Waals surface area contributed by atoms with Gasteiger partial charge in [-0.05, 0) is 48.7 Å². The quantitative estimate of drug-likeness (QED) is 0.748. The molecule has 5 heteroatoms. The van der Waals surface area contributed by atoms with Crippen LogP contribution >= 0.6 is 0 Å². The number of nitrogens with one attached hydrogen (secondary N) is 1. The Balaban J connectivity index is 1.90. The van der Waals surface area contributed by atoms with Gasteiger partial charge in [-0.15, -0.1) is 0 Å². The van der Waals surface area contributed by atoms with Gasteiger partial charge in [-0.3, -0.25) is 4.98 Å². The molecule has 0 saturated carbocycles. The third kappa shape index (κ3) is 3.09. The van der Waals surface area contributed by atoms with Crippen molar-refractivity contribution in [3.05, 3.63) is 94.8 Å². The lowest BCUT2D eigenvalue weighted by Gasteiger charge is -2.33. The minimum absolute atomic E-state index is 0.245. The summed E-state index contributed by atoms with van der Waals surface area (Å²) in [6.07, 6.45) is 7.47. The van der Waals surface area contributed by atoms with Crippen molar-refractivity contribution in [2.45, 2.75) is 24.3 Å². The second-order valence-corrected chi connectivity index (χ2v) is 8.61. The Kier molecular flexibility index (Phi) is 4.21. The fourth-order valence-electron chi connectivity index (χ4n) is 3.55. The van der Waals surface area contributed by atoms with Crippen LogP contribution in [0.4, 0.5) is 0 Å². The first-order valence-corrected chi connectivity index (χ1v) is 10.2. The van der Waals surface area contributed by atoms with Crippen LogP contribution in [0.3, 0.4) is 0 Å². The van der Waals surface area contributed by atoms with E-state index in [1.165, 1.54) is 0 Å². The summed E-state index contributed by atoms with van der Waals surface area (Å²) in [5, 5.41) is 0. The lowest BCUT2D eigenvalue weighted by Crippen LogP contribution is -2.45. The van der Waals surface area contributed by atoms with E-state index in [0.717, 1.165) is 27.8 Å². The molecule has 1 atom stereocenters. The topological polar surface area (TPSA) is 59.1 Å². The predicted octanol–water partition coefficient (Wildman–Crippen LogP) is 4.12. The Hall–Kier alpha value is -2.76. The van der Waals surface area contributed by atoms with Crippen molar-refractivity contribution < 1.29 is 8.42 Å². The molecule has 1 heterocycles. The van der Waals surface area contributed by atoms with Crippen LogP contribution in [-0.4, -0.2) is 13.4 Å². The van der Waals surface area contributed by atoms with Gasteiger partial charge in [-0.25, -0.2) is 8.42 Å². The van der Waals surface area contributed by atoms with Crippen molar-refractivity contribution in [1.29, 1.82) is 0 Å². The zero-order valence-electron chi connectivity index (χ0n) is 15.2. The minimum atomic E-state index is -3.74. The molecule has 0 aliphatic heterocycles. The van der Waals surface area contributed by atoms with E-state index >= 15 is 0 Å². The van der Waals surface area contributed by atoms with E-state index in [-0.39, 0.29) is 4.90 Å². The highest BCUT2D eigenvalue weighted by Gasteiger charge is 2.38. The first kappa shape index (κ1) is 17.6. The average molecular weight is 376 g/mol. The summed E-state index contributed by atoms with van der Waals surface area (Å²) in [6.45, 7) is 3.82. The molecule has 1 aliphatic carbocycles. The van der Waals surface area contributed by atoms with Gasteiger partial charge in [-0.1, -0.05) is 54.1 Å². The summed E-state index contributed by atoms with van der Waals surface area (Å²) in [5.41, 5.74) is 3.69. The highest BCUT2D eigenvalue weighted by atomic mass is 32.2. The molecule has 27 heavy (non-hydrogen) atoms. The van der Waals surface area contributed by atoms with Crippen molar-refractivity contribution in [1.82, 2.24) is 9.71 Å². The Labute approximate surface area is 159 Å². The molecular weight excluding hydrogens is 356 g/mol. The number of rotatable bonds is 3. The van der Waals surface area contributed by atoms with Gasteiger partial charge in [0.1, 0.15) is 0 Å². The zero-order chi connectivity index (χ0) is 19.1. The maximum absolute atomic E-state index is 13.2. The molecule has 0 bridgehead atoms. The highest BCUT2D eigenvalue weighted by Crippen LogP contribution is 2.38. The summed E-state index contributed by atoms with van der Waals surface area (Å²) >= 11 is 0. The molecule has 1 N–H and O–H groups in total. The van der Waals surface area contributed by atoms with Gasteiger partial charge in [0.25, 0.3) is 0 Å². The van der Waals surface area contributed by atoms with Crippen LogP contribution in [0.2, 0.25) is 0 Å². The summed E-state index contributed by atoms with van der Waals surface area (Å²) in [5.74, 6) is 0. The molecule has 4 nitrogen and oxygen atoms in total. The van der Waals surface area contributed by atoms with Crippen LogP contribution in [0.15, 0.2) is 71.9 Å². The molecule has 0 fully saturated rings. The van der Waals surface area contributed by atoms with Crippen LogP contribution in [0.1, 0.15) is 34.7 Å². The molecule has 3 aromatic rings. The summed E-state index contributed by atoms with van der Waals surface area (Å²) < 4.78 is 29.3. The van der Waals surface area contributed by atoms with E-state index < -0.39 is 15.6 Å². The summed E-state index contributed by atoms with van der Waals surface area (Å²) in [6, 6.07) is 16.6. The van der Waals surface area contributed by atoms with E-state index in [2.05, 4.69) is 9.71 Å². The van der Waals surface area contributed by atoms with E-state index in [4.69, 9.17) is 0 Å². The first-order valence-electron chi connectivity index (χ1n) is 8.73. The van der Waals surface area contributed by atoms with E-state index in [1.54, 1.807) is 36.7 Å². The summed E-state index contributed by atoms with van der Waals surface area (Å²) in [4.78, 5) is 4.50. The molecule has 2 aromatic carbocycles. The lowest BCUT2D eigenvalue weighted by molar-refractivity contribution is 0.501. The smallest absolute Gasteiger partial charge is 0.241 e. The normalized spacial score (nSPS) is 18.4. The minimum Gasteiger partial charge on any atom is -0.264 e. The van der Waals surface area contributed by atoms with Gasteiger partial charge in [0.05, 0.1) is 10.4 Å². The largest absolute Gasteiger partial charge is 0.264 e. The maximum atomic E-state index is 13.2. The Morgan fingerprint density at radius 3 is 2.30 bits per heavy atom. The van der Waals surface area contributed by atoms with Crippen LogP contribution in [0.25, 0.3) is 12.2 Å². The fraction of sp³-hybridized carbons (Fsp3) is 0.136. The Morgan fingerprint density at radius 1 is 0.889 bits per heavy atom. The maximum Gasteiger partial charge on any atom is 0.241 e. The van der Waals surface area contributed by atoms with Crippen molar-refractivity contribution in [3.63, 3.8) is 0 Å². The predicted molar refractivity (Wildman–Crippen MR) is 108 cm³/mol. The second kappa shape index (κ2) is 6.44. The van der Waals surface area contributed by atoms with Crippen molar-refractivity contribution >= 4 is 22.2 Å². The highest BCUT2D eigenvalue weighted by molar-refractivity contribution is 7.89. The number of aromatic nitrogens is 1. The molecule has 0 amide bonds. The SMILES string of the molecule is Cc1ccc(S(=O)(=O)NC2(C)c3ccccc3C=Cc3ccncc32)cc1. The van der Waals surface area contributed by atoms with Crippen molar-refractivity contribution in [3.8, 4) is 0 Å². The standard InChI is InChI=1S/C22H20N2O2S/c1-16-7-11-19(12-8-16)27(25,26)24-22(2)20-6-4-3-5-17(20)9-10-18-13-14-23-15-21(18)22/h3-15,24H,1-2H3. The monoisotopic (exact) mass is 376 g/mol. The van der Waals surface area contributed by atoms with Gasteiger partial charge in [0, 0.05) is 18.0 Å². The van der Waals surface area contributed by atoms with Gasteiger partial charge in [0.15, 0.2) is 0 Å². The third-order valence-corrected chi connectivity index (χ3v) is 6.57. The number of benzene rings is 2. The van der Waals surface area contributed by atoms with E-state index in [9.17, 15) is 8.42 Å². The molecule has 0 spiro atoms. The molecule has 136 valence electrons. The number of sulfonamides is 1. The van der Waals surface area contributed by atoms with Gasteiger partial charge >= 0.3 is 0 Å². The number of nitrogens with zero attached hydrogens (tertiary/aromatic N) is 1. The van der Waals surface area contributed by atoms with Crippen molar-refractivity contribution in [2.75, 3.05) is 0 Å².